The summed E-state index contributed by atoms with van der Waals surface area (Å²) in [5.41, 5.74) is 4.42. The number of esters is 1. The Hall–Kier alpha value is -5.13. The second-order valence-electron chi connectivity index (χ2n) is 7.87. The standard InChI is InChI=1S/C19H18ClN3O2S.C15H4/c1-2-25-16(24)11-26-15-9-21-19(20)22-17(15)14-10-23-8-4-6-12-5-3-7-13(14)18(12)23;1-3-5-7-9-11-13-15-14-12-10-8-6-4-2/h3,5,7,9-10H,2,4,6,8,11H2,1H3;1H,2H3. The highest BCUT2D eigenvalue weighted by Gasteiger charge is 2.20. The summed E-state index contributed by atoms with van der Waals surface area (Å²) in [6.07, 6.45) is 10.9. The number of halogens is 1. The number of ether oxygens (including phenoxy) is 1. The molecule has 0 bridgehead atoms. The molecule has 198 valence electrons. The van der Waals surface area contributed by atoms with Crippen molar-refractivity contribution in [2.24, 2.45) is 0 Å². The molecule has 0 atom stereocenters. The van der Waals surface area contributed by atoms with Crippen LogP contribution in [0.1, 0.15) is 25.8 Å². The van der Waals surface area contributed by atoms with Gasteiger partial charge in [0.1, 0.15) is 0 Å². The van der Waals surface area contributed by atoms with Crippen LogP contribution in [0.4, 0.5) is 0 Å². The normalized spacial score (nSPS) is 9.71. The number of hydrogen-bond acceptors (Lipinski definition) is 5. The molecule has 0 amide bonds. The molecule has 0 spiro atoms. The van der Waals surface area contributed by atoms with E-state index in [1.165, 1.54) is 22.8 Å². The molecule has 0 N–H and O–H groups in total. The summed E-state index contributed by atoms with van der Waals surface area (Å²) in [6, 6.07) is 6.39. The molecule has 7 heteroatoms. The SMILES string of the molecule is C#CC#CC#CC#CC#CC#CC#CC.CCOC(=O)CSc1cnc(Cl)nc1-c1cn2c3c(cccc13)CCC2. The summed E-state index contributed by atoms with van der Waals surface area (Å²) >= 11 is 7.46. The zero-order valence-electron chi connectivity index (χ0n) is 22.4. The molecule has 0 saturated heterocycles. The maximum absolute atomic E-state index is 11.7. The summed E-state index contributed by atoms with van der Waals surface area (Å²) in [7, 11) is 0. The largest absolute Gasteiger partial charge is 0.465 e. The van der Waals surface area contributed by atoms with E-state index in [9.17, 15) is 4.79 Å². The van der Waals surface area contributed by atoms with Gasteiger partial charge in [-0.2, -0.15) is 0 Å². The van der Waals surface area contributed by atoms with Crippen LogP contribution in [0, 0.1) is 83.4 Å². The molecular weight excluding hydrogens is 550 g/mol. The number of thioether (sulfide) groups is 1. The number of terminal acetylenes is 1. The first kappa shape index (κ1) is 30.4. The molecule has 2 aromatic heterocycles. The van der Waals surface area contributed by atoms with Crippen molar-refractivity contribution in [2.45, 2.75) is 38.1 Å². The van der Waals surface area contributed by atoms with Crippen LogP contribution >= 0.6 is 23.4 Å². The minimum Gasteiger partial charge on any atom is -0.465 e. The zero-order valence-corrected chi connectivity index (χ0v) is 24.0. The molecule has 41 heavy (non-hydrogen) atoms. The molecular formula is C34H22ClN3O2S. The van der Waals surface area contributed by atoms with Crippen LogP contribution in [0.2, 0.25) is 5.28 Å². The van der Waals surface area contributed by atoms with Crippen molar-refractivity contribution < 1.29 is 9.53 Å². The Morgan fingerprint density at radius 3 is 2.41 bits per heavy atom. The first-order valence-corrected chi connectivity index (χ1v) is 13.7. The van der Waals surface area contributed by atoms with E-state index in [0.717, 1.165) is 40.9 Å². The number of benzene rings is 1. The number of aromatic nitrogens is 3. The number of para-hydroxylation sites is 1. The van der Waals surface area contributed by atoms with Gasteiger partial charge in [-0.25, -0.2) is 9.97 Å². The van der Waals surface area contributed by atoms with E-state index in [1.54, 1.807) is 20.0 Å². The van der Waals surface area contributed by atoms with Crippen molar-refractivity contribution in [3.8, 4) is 94.6 Å². The topological polar surface area (TPSA) is 57.0 Å². The minimum absolute atomic E-state index is 0.201. The van der Waals surface area contributed by atoms with Crippen LogP contribution in [0.5, 0.6) is 0 Å². The molecule has 3 heterocycles. The third-order valence-electron chi connectivity index (χ3n) is 5.28. The van der Waals surface area contributed by atoms with E-state index in [-0.39, 0.29) is 17.0 Å². The highest BCUT2D eigenvalue weighted by atomic mass is 35.5. The third kappa shape index (κ3) is 9.24. The highest BCUT2D eigenvalue weighted by Crippen LogP contribution is 2.38. The Morgan fingerprint density at radius 2 is 1.76 bits per heavy atom. The van der Waals surface area contributed by atoms with Crippen molar-refractivity contribution in [1.29, 1.82) is 0 Å². The van der Waals surface area contributed by atoms with Crippen LogP contribution < -0.4 is 0 Å². The summed E-state index contributed by atoms with van der Waals surface area (Å²) in [4.78, 5) is 21.1. The number of nitrogens with zero attached hydrogens (tertiary/aromatic N) is 3. The lowest BCUT2D eigenvalue weighted by Crippen LogP contribution is -2.06. The van der Waals surface area contributed by atoms with Gasteiger partial charge in [0.2, 0.25) is 5.28 Å². The van der Waals surface area contributed by atoms with Crippen LogP contribution in [-0.4, -0.2) is 32.9 Å². The Labute approximate surface area is 250 Å². The van der Waals surface area contributed by atoms with Crippen molar-refractivity contribution in [1.82, 2.24) is 14.5 Å². The minimum atomic E-state index is -0.249. The Bertz CT molecular complexity index is 1880. The lowest BCUT2D eigenvalue weighted by Gasteiger charge is -2.14. The maximum atomic E-state index is 11.7. The molecule has 0 saturated carbocycles. The molecule has 0 aliphatic carbocycles. The zero-order chi connectivity index (χ0) is 29.3. The van der Waals surface area contributed by atoms with Crippen molar-refractivity contribution in [2.75, 3.05) is 12.4 Å². The number of rotatable bonds is 5. The van der Waals surface area contributed by atoms with Gasteiger partial charge < -0.3 is 9.30 Å². The van der Waals surface area contributed by atoms with Gasteiger partial charge in [-0.15, -0.1) is 18.2 Å². The first-order valence-electron chi connectivity index (χ1n) is 12.4. The van der Waals surface area contributed by atoms with Gasteiger partial charge in [-0.05, 0) is 115 Å². The van der Waals surface area contributed by atoms with Crippen molar-refractivity contribution in [3.05, 3.63) is 41.4 Å². The lowest BCUT2D eigenvalue weighted by atomic mass is 10.0. The number of aryl methyl sites for hydroxylation is 2. The van der Waals surface area contributed by atoms with Gasteiger partial charge >= 0.3 is 5.97 Å². The van der Waals surface area contributed by atoms with Crippen molar-refractivity contribution in [3.63, 3.8) is 0 Å². The second kappa shape index (κ2) is 16.7. The predicted octanol–water partition coefficient (Wildman–Crippen LogP) is 5.01. The molecule has 1 aliphatic rings. The first-order chi connectivity index (χ1) is 20.1. The second-order valence-corrected chi connectivity index (χ2v) is 9.22. The van der Waals surface area contributed by atoms with E-state index in [1.807, 2.05) is 0 Å². The van der Waals surface area contributed by atoms with E-state index in [4.69, 9.17) is 22.8 Å². The molecule has 1 aliphatic heterocycles. The quantitative estimate of drug-likeness (QED) is 0.186. The smallest absolute Gasteiger partial charge is 0.316 e. The number of carbonyl (C=O) groups excluding carboxylic acids is 1. The summed E-state index contributed by atoms with van der Waals surface area (Å²) in [6.45, 7) is 4.87. The van der Waals surface area contributed by atoms with Crippen molar-refractivity contribution >= 4 is 40.2 Å². The van der Waals surface area contributed by atoms with E-state index < -0.39 is 0 Å². The predicted molar refractivity (Wildman–Crippen MR) is 165 cm³/mol. The molecule has 3 aromatic rings. The Balaban J connectivity index is 0.000000266. The van der Waals surface area contributed by atoms with Gasteiger partial charge in [0.25, 0.3) is 0 Å². The van der Waals surface area contributed by atoms with Crippen LogP contribution in [0.25, 0.3) is 22.2 Å². The molecule has 0 fully saturated rings. The monoisotopic (exact) mass is 571 g/mol. The van der Waals surface area contributed by atoms with Gasteiger partial charge in [0.15, 0.2) is 0 Å². The Morgan fingerprint density at radius 1 is 1.07 bits per heavy atom. The molecule has 5 nitrogen and oxygen atoms in total. The third-order valence-corrected chi connectivity index (χ3v) is 6.45. The van der Waals surface area contributed by atoms with E-state index in [0.29, 0.717) is 6.61 Å². The lowest BCUT2D eigenvalue weighted by molar-refractivity contribution is -0.139. The number of hydrogen-bond donors (Lipinski definition) is 0. The summed E-state index contributed by atoms with van der Waals surface area (Å²) in [5, 5.41) is 1.36. The van der Waals surface area contributed by atoms with Gasteiger partial charge in [0, 0.05) is 29.9 Å². The fourth-order valence-electron chi connectivity index (χ4n) is 3.81. The van der Waals surface area contributed by atoms with Gasteiger partial charge in [-0.3, -0.25) is 4.79 Å². The Kier molecular flexibility index (Phi) is 12.4. The maximum Gasteiger partial charge on any atom is 0.316 e. The van der Waals surface area contributed by atoms with E-state index >= 15 is 0 Å². The van der Waals surface area contributed by atoms with Crippen LogP contribution in [0.3, 0.4) is 0 Å². The van der Waals surface area contributed by atoms with Gasteiger partial charge in [-0.1, -0.05) is 24.1 Å². The van der Waals surface area contributed by atoms with Crippen LogP contribution in [0.15, 0.2) is 35.5 Å². The van der Waals surface area contributed by atoms with Gasteiger partial charge in [0.05, 0.1) is 28.5 Å². The fourth-order valence-corrected chi connectivity index (χ4v) is 4.72. The average Bonchev–Trinajstić information content (AvgIpc) is 3.36. The summed E-state index contributed by atoms with van der Waals surface area (Å²) < 4.78 is 7.31. The molecule has 4 rings (SSSR count). The molecule has 0 radical (unpaired) electrons. The summed E-state index contributed by atoms with van der Waals surface area (Å²) in [5.74, 6) is 31.9. The average molecular weight is 572 g/mol. The molecule has 0 unspecified atom stereocenters. The number of carbonyl (C=O) groups is 1. The van der Waals surface area contributed by atoms with Crippen LogP contribution in [-0.2, 0) is 22.5 Å². The fraction of sp³-hybridized carbons (Fsp3) is 0.206. The highest BCUT2D eigenvalue weighted by molar-refractivity contribution is 8.00. The van der Waals surface area contributed by atoms with E-state index in [2.05, 4.69) is 116 Å². The molecule has 1 aromatic carbocycles.